The maximum Gasteiger partial charge on any atom is 0.285 e. The Labute approximate surface area is 93.8 Å². The van der Waals surface area contributed by atoms with Gasteiger partial charge in [0.05, 0.1) is 0 Å². The molecule has 16 heavy (non-hydrogen) atoms. The molecule has 1 aliphatic heterocycles. The lowest BCUT2D eigenvalue weighted by atomic mass is 10.1. The van der Waals surface area contributed by atoms with E-state index in [1.807, 2.05) is 24.3 Å². The number of anilines is 1. The number of methoxy groups -OCH3 is 1. The fraction of sp³-hybridized carbons (Fsp3) is 0.500. The smallest absolute Gasteiger partial charge is 0.285 e. The van der Waals surface area contributed by atoms with Gasteiger partial charge in [0.25, 0.3) is 6.43 Å². The molecule has 0 saturated heterocycles. The Kier molecular flexibility index (Phi) is 2.84. The highest BCUT2D eigenvalue weighted by molar-refractivity contribution is 5.59. The molecule has 0 amide bonds. The number of hydrogen-bond acceptors (Lipinski definition) is 2. The second-order valence-electron chi connectivity index (χ2n) is 4.09. The van der Waals surface area contributed by atoms with Gasteiger partial charge >= 0.3 is 0 Å². The first-order chi connectivity index (χ1) is 7.59. The molecule has 0 spiro atoms. The summed E-state index contributed by atoms with van der Waals surface area (Å²) in [7, 11) is 1.33. The third kappa shape index (κ3) is 1.57. The molecule has 88 valence electrons. The zero-order valence-corrected chi connectivity index (χ0v) is 9.41. The van der Waals surface area contributed by atoms with Crippen molar-refractivity contribution in [1.82, 2.24) is 0 Å². The number of halogens is 2. The van der Waals surface area contributed by atoms with Gasteiger partial charge in [0.15, 0.2) is 5.72 Å². The van der Waals surface area contributed by atoms with Crippen molar-refractivity contribution < 1.29 is 13.5 Å². The average Bonchev–Trinajstić information content (AvgIpc) is 2.72. The van der Waals surface area contributed by atoms with Gasteiger partial charge in [0.1, 0.15) is 0 Å². The van der Waals surface area contributed by atoms with Crippen LogP contribution in [0, 0.1) is 0 Å². The largest absolute Gasteiger partial charge is 0.354 e. The Bertz CT molecular complexity index is 383. The van der Waals surface area contributed by atoms with E-state index in [-0.39, 0.29) is 0 Å². The van der Waals surface area contributed by atoms with Crippen molar-refractivity contribution in [3.63, 3.8) is 0 Å². The third-order valence-corrected chi connectivity index (χ3v) is 3.24. The molecule has 0 fully saturated rings. The van der Waals surface area contributed by atoms with E-state index in [0.717, 1.165) is 17.7 Å². The van der Waals surface area contributed by atoms with Crippen molar-refractivity contribution in [2.75, 3.05) is 18.6 Å². The van der Waals surface area contributed by atoms with Crippen molar-refractivity contribution in [3.05, 3.63) is 29.8 Å². The zero-order chi connectivity index (χ0) is 11.8. The lowest BCUT2D eigenvalue weighted by Crippen LogP contribution is -2.52. The molecule has 0 aliphatic carbocycles. The molecule has 4 heteroatoms. The summed E-state index contributed by atoms with van der Waals surface area (Å²) in [6.45, 7) is 2.01. The first kappa shape index (κ1) is 11.3. The van der Waals surface area contributed by atoms with Crippen molar-refractivity contribution in [3.8, 4) is 0 Å². The predicted molar refractivity (Wildman–Crippen MR) is 58.9 cm³/mol. The summed E-state index contributed by atoms with van der Waals surface area (Å²) in [5.74, 6) is 0. The molecule has 1 aromatic carbocycles. The number of ether oxygens (including phenoxy) is 1. The van der Waals surface area contributed by atoms with Gasteiger partial charge < -0.3 is 9.64 Å². The maximum absolute atomic E-state index is 13.1. The van der Waals surface area contributed by atoms with E-state index in [2.05, 4.69) is 0 Å². The van der Waals surface area contributed by atoms with Gasteiger partial charge in [0.2, 0.25) is 0 Å². The number of hydrogen-bond donors (Lipinski definition) is 0. The minimum atomic E-state index is -2.54. The normalized spacial score (nSPS) is 18.7. The zero-order valence-electron chi connectivity index (χ0n) is 9.41. The predicted octanol–water partition coefficient (Wildman–Crippen LogP) is 2.68. The molecule has 0 N–H and O–H groups in total. The Morgan fingerprint density at radius 1 is 1.38 bits per heavy atom. The van der Waals surface area contributed by atoms with E-state index in [4.69, 9.17) is 4.74 Å². The van der Waals surface area contributed by atoms with Crippen LogP contribution in [0.2, 0.25) is 0 Å². The Balaban J connectivity index is 2.37. The summed E-state index contributed by atoms with van der Waals surface area (Å²) < 4.78 is 31.1. The molecule has 2 nitrogen and oxygen atoms in total. The average molecular weight is 227 g/mol. The molecule has 0 saturated carbocycles. The standard InChI is InChI=1S/C12H15F2NO/c1-12(16-2,11(13)14)15-8-7-9-5-3-4-6-10(9)15/h3-6,11H,7-8H2,1-2H3. The Hall–Kier alpha value is -1.16. The maximum atomic E-state index is 13.1. The van der Waals surface area contributed by atoms with Gasteiger partial charge in [-0.3, -0.25) is 0 Å². The number of fused-ring (bicyclic) bond motifs is 1. The summed E-state index contributed by atoms with van der Waals surface area (Å²) >= 11 is 0. The van der Waals surface area contributed by atoms with Crippen molar-refractivity contribution in [2.24, 2.45) is 0 Å². The summed E-state index contributed by atoms with van der Waals surface area (Å²) in [4.78, 5) is 1.65. The van der Waals surface area contributed by atoms with Crippen LogP contribution in [0.3, 0.4) is 0 Å². The molecular formula is C12H15F2NO. The summed E-state index contributed by atoms with van der Waals surface area (Å²) in [5, 5.41) is 0. The van der Waals surface area contributed by atoms with Crippen LogP contribution in [0.5, 0.6) is 0 Å². The minimum Gasteiger partial charge on any atom is -0.354 e. The number of para-hydroxylation sites is 1. The molecule has 0 radical (unpaired) electrons. The highest BCUT2D eigenvalue weighted by Gasteiger charge is 2.43. The first-order valence-corrected chi connectivity index (χ1v) is 5.28. The van der Waals surface area contributed by atoms with Gasteiger partial charge in [-0.05, 0) is 25.0 Å². The lowest BCUT2D eigenvalue weighted by molar-refractivity contribution is -0.109. The molecule has 2 rings (SSSR count). The molecule has 0 aromatic heterocycles. The van der Waals surface area contributed by atoms with Crippen molar-refractivity contribution >= 4 is 5.69 Å². The fourth-order valence-electron chi connectivity index (χ4n) is 2.12. The van der Waals surface area contributed by atoms with Crippen LogP contribution in [0.15, 0.2) is 24.3 Å². The van der Waals surface area contributed by atoms with Gasteiger partial charge in [-0.25, -0.2) is 8.78 Å². The van der Waals surface area contributed by atoms with E-state index in [1.165, 1.54) is 14.0 Å². The topological polar surface area (TPSA) is 12.5 Å². The SMILES string of the molecule is COC(C)(C(F)F)N1CCc2ccccc21. The molecule has 1 aromatic rings. The number of nitrogens with zero attached hydrogens (tertiary/aromatic N) is 1. The second-order valence-corrected chi connectivity index (χ2v) is 4.09. The Morgan fingerprint density at radius 3 is 2.69 bits per heavy atom. The quantitative estimate of drug-likeness (QED) is 0.787. The third-order valence-electron chi connectivity index (χ3n) is 3.24. The molecular weight excluding hydrogens is 212 g/mol. The highest BCUT2D eigenvalue weighted by atomic mass is 19.3. The summed E-state index contributed by atoms with van der Waals surface area (Å²) in [6, 6.07) is 7.62. The van der Waals surface area contributed by atoms with Crippen LogP contribution in [0.4, 0.5) is 14.5 Å². The molecule has 1 heterocycles. The van der Waals surface area contributed by atoms with Gasteiger partial charge in [-0.15, -0.1) is 0 Å². The van der Waals surface area contributed by atoms with Gasteiger partial charge in [-0.1, -0.05) is 18.2 Å². The van der Waals surface area contributed by atoms with Crippen LogP contribution in [-0.4, -0.2) is 25.8 Å². The first-order valence-electron chi connectivity index (χ1n) is 5.28. The monoisotopic (exact) mass is 227 g/mol. The second kappa shape index (κ2) is 4.01. The van der Waals surface area contributed by atoms with E-state index in [1.54, 1.807) is 4.90 Å². The van der Waals surface area contributed by atoms with Crippen LogP contribution < -0.4 is 4.90 Å². The minimum absolute atomic E-state index is 0.577. The highest BCUT2D eigenvalue weighted by Crippen LogP contribution is 2.36. The lowest BCUT2D eigenvalue weighted by Gasteiger charge is -2.38. The van der Waals surface area contributed by atoms with Crippen LogP contribution >= 0.6 is 0 Å². The summed E-state index contributed by atoms with van der Waals surface area (Å²) in [6.07, 6.45) is -1.74. The molecule has 1 aliphatic rings. The molecule has 1 unspecified atom stereocenters. The summed E-state index contributed by atoms with van der Waals surface area (Å²) in [5.41, 5.74) is 0.422. The van der Waals surface area contributed by atoms with Gasteiger partial charge in [-0.2, -0.15) is 0 Å². The number of benzene rings is 1. The van der Waals surface area contributed by atoms with Crippen LogP contribution in [0.25, 0.3) is 0 Å². The number of alkyl halides is 2. The van der Waals surface area contributed by atoms with Crippen LogP contribution in [-0.2, 0) is 11.2 Å². The van der Waals surface area contributed by atoms with E-state index in [0.29, 0.717) is 6.54 Å². The Morgan fingerprint density at radius 2 is 2.06 bits per heavy atom. The van der Waals surface area contributed by atoms with Crippen molar-refractivity contribution in [1.29, 1.82) is 0 Å². The van der Waals surface area contributed by atoms with E-state index >= 15 is 0 Å². The molecule has 0 bridgehead atoms. The van der Waals surface area contributed by atoms with Crippen LogP contribution in [0.1, 0.15) is 12.5 Å². The van der Waals surface area contributed by atoms with Crippen molar-refractivity contribution in [2.45, 2.75) is 25.5 Å². The molecule has 1 atom stereocenters. The van der Waals surface area contributed by atoms with E-state index < -0.39 is 12.2 Å². The fourth-order valence-corrected chi connectivity index (χ4v) is 2.12. The van der Waals surface area contributed by atoms with E-state index in [9.17, 15) is 8.78 Å². The number of rotatable bonds is 3. The van der Waals surface area contributed by atoms with Gasteiger partial charge in [0, 0.05) is 19.3 Å².